The topological polar surface area (TPSA) is 22.3 Å². The van der Waals surface area contributed by atoms with Gasteiger partial charge in [0.25, 0.3) is 0 Å². The molecular weight excluding hydrogens is 50.0 g/mol. The van der Waals surface area contributed by atoms with Crippen molar-refractivity contribution in [1.82, 2.24) is 0 Å². The number of allylic oxidation sites excluding steroid dienone is 1. The molecule has 0 atom stereocenters. The molecule has 4 heavy (non-hydrogen) atoms. The van der Waals surface area contributed by atoms with Crippen molar-refractivity contribution in [2.24, 2.45) is 0 Å². The van der Waals surface area contributed by atoms with Crippen LogP contribution < -0.4 is 0 Å². The Balaban J connectivity index is 0. The maximum absolute atomic E-state index is 7.57. The molecule has 1 heteroatoms. The summed E-state index contributed by atoms with van der Waals surface area (Å²) in [5.74, 6) is 1.81. The van der Waals surface area contributed by atoms with Crippen LogP contribution in [-0.4, -0.2) is 5.87 Å². The van der Waals surface area contributed by atoms with E-state index in [2.05, 4.69) is 0 Å². The molecule has 0 saturated carbocycles. The van der Waals surface area contributed by atoms with Gasteiger partial charge in [-0.15, -0.1) is 0 Å². The lowest BCUT2D eigenvalue weighted by Crippen LogP contribution is -1.28. The Hall–Kier alpha value is -0.550. The summed E-state index contributed by atoms with van der Waals surface area (Å²) in [6, 6.07) is 0. The molecule has 0 amide bonds. The standard InChI is InChI=1S/C3H4N/c1-2-3-4/h2H,1H3/q-1/p+1. The third-order valence-corrected chi connectivity index (χ3v) is 0.129. The highest BCUT2D eigenvalue weighted by Gasteiger charge is 1.17. The van der Waals surface area contributed by atoms with Crippen LogP contribution in [0.4, 0.5) is 0 Å². The number of nitrogens with zero attached hydrogens (tertiary/aromatic N) is 1. The first-order valence-electron chi connectivity index (χ1n) is 1.09. The van der Waals surface area contributed by atoms with Crippen LogP contribution in [0, 0.1) is 0 Å². The van der Waals surface area contributed by atoms with E-state index in [1.54, 1.807) is 12.8 Å². The van der Waals surface area contributed by atoms with Gasteiger partial charge >= 0.3 is 1.43 Å². The Bertz CT molecular complexity index is 44.9. The summed E-state index contributed by atoms with van der Waals surface area (Å²) in [6.07, 6.45) is 1.43. The second-order valence-corrected chi connectivity index (χ2v) is 0.418. The minimum Gasteiger partial charge on any atom is -0.764 e. The van der Waals surface area contributed by atoms with E-state index < -0.39 is 0 Å². The summed E-state index contributed by atoms with van der Waals surface area (Å²) in [6.45, 7) is 1.69. The van der Waals surface area contributed by atoms with E-state index in [4.69, 9.17) is 5.41 Å². The molecule has 0 rings (SSSR count). The fourth-order valence-electron chi connectivity index (χ4n) is 0. The smallest absolute Gasteiger partial charge is 0.764 e. The SMILES string of the molecule is CC=C=[N-].[H+]. The molecule has 0 aromatic carbocycles. The fourth-order valence-corrected chi connectivity index (χ4v) is 0. The Morgan fingerprint density at radius 2 is 2.50 bits per heavy atom. The molecule has 0 aliphatic carbocycles. The van der Waals surface area contributed by atoms with E-state index in [9.17, 15) is 0 Å². The number of rotatable bonds is 0. The highest BCUT2D eigenvalue weighted by Crippen LogP contribution is 1.38. The Morgan fingerprint density at radius 3 is 2.50 bits per heavy atom. The Kier molecular flexibility index (Phi) is 2.11. The highest BCUT2D eigenvalue weighted by atomic mass is 14.3. The monoisotopic (exact) mass is 55.0 g/mol. The molecule has 0 aromatic heterocycles. The van der Waals surface area contributed by atoms with Gasteiger partial charge < -0.3 is 5.41 Å². The van der Waals surface area contributed by atoms with Gasteiger partial charge in [0.1, 0.15) is 0 Å². The number of hydrogen-bond donors (Lipinski definition) is 0. The van der Waals surface area contributed by atoms with E-state index >= 15 is 0 Å². The molecule has 1 nitrogen and oxygen atoms in total. The van der Waals surface area contributed by atoms with Gasteiger partial charge in [-0.1, -0.05) is 6.08 Å². The van der Waals surface area contributed by atoms with Gasteiger partial charge in [0.05, 0.1) is 0 Å². The minimum absolute atomic E-state index is 0. The van der Waals surface area contributed by atoms with Crippen molar-refractivity contribution in [3.8, 4) is 0 Å². The van der Waals surface area contributed by atoms with Crippen LogP contribution in [-0.2, 0) is 0 Å². The summed E-state index contributed by atoms with van der Waals surface area (Å²) >= 11 is 0. The maximum Gasteiger partial charge on any atom is 1.00 e. The highest BCUT2D eigenvalue weighted by molar-refractivity contribution is 5.53. The summed E-state index contributed by atoms with van der Waals surface area (Å²) in [5, 5.41) is 7.57. The molecule has 0 spiro atoms. The lowest BCUT2D eigenvalue weighted by Gasteiger charge is -1.54. The zero-order valence-corrected chi connectivity index (χ0v) is 2.52. The average molecular weight is 55.1 g/mol. The van der Waals surface area contributed by atoms with Crippen molar-refractivity contribution >= 4 is 5.87 Å². The summed E-state index contributed by atoms with van der Waals surface area (Å²) in [4.78, 5) is 0. The molecule has 0 N–H and O–H groups in total. The van der Waals surface area contributed by atoms with E-state index in [0.717, 1.165) is 0 Å². The molecule has 0 fully saturated rings. The van der Waals surface area contributed by atoms with Crippen LogP contribution in [0.2, 0.25) is 0 Å². The van der Waals surface area contributed by atoms with Crippen LogP contribution in [0.3, 0.4) is 0 Å². The first kappa shape index (κ1) is 3.45. The van der Waals surface area contributed by atoms with E-state index in [1.165, 1.54) is 6.08 Å². The van der Waals surface area contributed by atoms with Crippen LogP contribution in [0.15, 0.2) is 6.08 Å². The van der Waals surface area contributed by atoms with Gasteiger partial charge in [-0.3, -0.25) is 5.87 Å². The van der Waals surface area contributed by atoms with Gasteiger partial charge in [-0.2, -0.15) is 0 Å². The minimum atomic E-state index is 0. The second-order valence-electron chi connectivity index (χ2n) is 0.418. The Morgan fingerprint density at radius 1 is 2.25 bits per heavy atom. The van der Waals surface area contributed by atoms with Gasteiger partial charge in [-0.05, 0) is 6.92 Å². The van der Waals surface area contributed by atoms with Crippen molar-refractivity contribution < 1.29 is 1.43 Å². The number of hydrogen-bond acceptors (Lipinski definition) is 0. The van der Waals surface area contributed by atoms with E-state index in [0.29, 0.717) is 0 Å². The first-order valence-corrected chi connectivity index (χ1v) is 1.09. The third kappa shape index (κ3) is 1.45. The van der Waals surface area contributed by atoms with Crippen molar-refractivity contribution in [2.45, 2.75) is 6.92 Å². The largest absolute Gasteiger partial charge is 1.00 e. The summed E-state index contributed by atoms with van der Waals surface area (Å²) in [5.41, 5.74) is 0. The molecule has 22 valence electrons. The van der Waals surface area contributed by atoms with E-state index in [1.807, 2.05) is 0 Å². The third-order valence-electron chi connectivity index (χ3n) is 0.129. The lowest BCUT2D eigenvalue weighted by atomic mass is 10.8. The van der Waals surface area contributed by atoms with Crippen LogP contribution >= 0.6 is 0 Å². The predicted molar refractivity (Wildman–Crippen MR) is 19.7 cm³/mol. The van der Waals surface area contributed by atoms with Crippen molar-refractivity contribution in [2.75, 3.05) is 0 Å². The molecule has 0 unspecified atom stereocenters. The molecular formula is C3H5N. The molecule has 0 aromatic rings. The summed E-state index contributed by atoms with van der Waals surface area (Å²) < 4.78 is 0. The lowest BCUT2D eigenvalue weighted by molar-refractivity contribution is 1.84. The van der Waals surface area contributed by atoms with Gasteiger partial charge in [0, 0.05) is 0 Å². The van der Waals surface area contributed by atoms with E-state index in [-0.39, 0.29) is 1.43 Å². The van der Waals surface area contributed by atoms with Crippen LogP contribution in [0.1, 0.15) is 8.35 Å². The predicted octanol–water partition coefficient (Wildman–Crippen LogP) is 0.914. The molecule has 0 aliphatic heterocycles. The second kappa shape index (κ2) is 2.45. The fraction of sp³-hybridized carbons (Fsp3) is 0.333. The average Bonchev–Trinajstić information content (AvgIpc) is 1.37. The first-order chi connectivity index (χ1) is 1.91. The van der Waals surface area contributed by atoms with Crippen LogP contribution in [0.25, 0.3) is 5.41 Å². The molecule has 0 radical (unpaired) electrons. The zero-order valence-electron chi connectivity index (χ0n) is 3.52. The molecule has 0 saturated heterocycles. The molecule has 0 aliphatic rings. The van der Waals surface area contributed by atoms with Gasteiger partial charge in [0.2, 0.25) is 0 Å². The van der Waals surface area contributed by atoms with Crippen molar-refractivity contribution in [3.05, 3.63) is 11.5 Å². The summed E-state index contributed by atoms with van der Waals surface area (Å²) in [7, 11) is 0. The quantitative estimate of drug-likeness (QED) is 0.367. The van der Waals surface area contributed by atoms with Gasteiger partial charge in [0.15, 0.2) is 0 Å². The normalized spacial score (nSPS) is 4.25. The van der Waals surface area contributed by atoms with Crippen molar-refractivity contribution in [3.63, 3.8) is 0 Å². The maximum atomic E-state index is 7.57. The van der Waals surface area contributed by atoms with Gasteiger partial charge in [-0.25, -0.2) is 0 Å². The zero-order chi connectivity index (χ0) is 3.41. The van der Waals surface area contributed by atoms with Crippen molar-refractivity contribution in [1.29, 1.82) is 0 Å². The molecule has 0 bridgehead atoms. The van der Waals surface area contributed by atoms with Crippen LogP contribution in [0.5, 0.6) is 0 Å². The molecule has 0 heterocycles. The Labute approximate surface area is 26.9 Å².